The summed E-state index contributed by atoms with van der Waals surface area (Å²) in [6, 6.07) is 3.89. The van der Waals surface area contributed by atoms with Crippen molar-refractivity contribution < 1.29 is 26.7 Å². The fourth-order valence-corrected chi connectivity index (χ4v) is 3.27. The predicted molar refractivity (Wildman–Crippen MR) is 81.6 cm³/mol. The minimum Gasteiger partial charge on any atom is -0.495 e. The SMILES string of the molecule is COc1cc(C(=O)NS(=O)(=O)c2cccc(F)c2F)nnc1C1CC1. The van der Waals surface area contributed by atoms with E-state index >= 15 is 0 Å². The predicted octanol–water partition coefficient (Wildman–Crippen LogP) is 1.76. The summed E-state index contributed by atoms with van der Waals surface area (Å²) in [6.07, 6.45) is 1.87. The molecule has 1 aliphatic rings. The van der Waals surface area contributed by atoms with Crippen LogP contribution in [-0.4, -0.2) is 31.6 Å². The van der Waals surface area contributed by atoms with Crippen LogP contribution in [0.15, 0.2) is 29.2 Å². The highest BCUT2D eigenvalue weighted by Gasteiger charge is 2.30. The van der Waals surface area contributed by atoms with Gasteiger partial charge in [-0.25, -0.2) is 21.9 Å². The molecule has 1 aliphatic carbocycles. The molecule has 1 N–H and O–H groups in total. The zero-order chi connectivity index (χ0) is 18.2. The summed E-state index contributed by atoms with van der Waals surface area (Å²) in [5, 5.41) is 7.59. The molecule has 0 aliphatic heterocycles. The molecule has 3 rings (SSSR count). The van der Waals surface area contributed by atoms with E-state index in [2.05, 4.69) is 10.2 Å². The topological polar surface area (TPSA) is 98.2 Å². The fraction of sp³-hybridized carbons (Fsp3) is 0.267. The molecular weight excluding hydrogens is 356 g/mol. The van der Waals surface area contributed by atoms with Crippen LogP contribution in [-0.2, 0) is 10.0 Å². The van der Waals surface area contributed by atoms with Gasteiger partial charge in [-0.3, -0.25) is 4.79 Å². The summed E-state index contributed by atoms with van der Waals surface area (Å²) in [5.74, 6) is -3.51. The first kappa shape index (κ1) is 17.2. The number of halogens is 2. The second-order valence-electron chi connectivity index (χ2n) is 5.44. The molecule has 0 spiro atoms. The van der Waals surface area contributed by atoms with E-state index in [9.17, 15) is 22.0 Å². The van der Waals surface area contributed by atoms with Crippen molar-refractivity contribution in [2.45, 2.75) is 23.7 Å². The maximum Gasteiger partial charge on any atom is 0.285 e. The van der Waals surface area contributed by atoms with Gasteiger partial charge in [-0.2, -0.15) is 5.10 Å². The van der Waals surface area contributed by atoms with Crippen molar-refractivity contribution in [1.82, 2.24) is 14.9 Å². The molecule has 1 aromatic heterocycles. The van der Waals surface area contributed by atoms with E-state index in [1.54, 1.807) is 4.72 Å². The second-order valence-corrected chi connectivity index (χ2v) is 7.09. The Morgan fingerprint density at radius 1 is 1.28 bits per heavy atom. The van der Waals surface area contributed by atoms with E-state index in [1.807, 2.05) is 0 Å². The summed E-state index contributed by atoms with van der Waals surface area (Å²) in [6.45, 7) is 0. The van der Waals surface area contributed by atoms with E-state index in [0.717, 1.165) is 31.0 Å². The van der Waals surface area contributed by atoms with E-state index < -0.39 is 32.5 Å². The molecule has 0 saturated heterocycles. The smallest absolute Gasteiger partial charge is 0.285 e. The largest absolute Gasteiger partial charge is 0.495 e. The molecule has 0 radical (unpaired) electrons. The molecule has 1 saturated carbocycles. The van der Waals surface area contributed by atoms with Crippen LogP contribution in [0.25, 0.3) is 0 Å². The molecule has 0 unspecified atom stereocenters. The summed E-state index contributed by atoms with van der Waals surface area (Å²) < 4.78 is 57.9. The van der Waals surface area contributed by atoms with Crippen molar-refractivity contribution >= 4 is 15.9 Å². The minimum absolute atomic E-state index is 0.213. The summed E-state index contributed by atoms with van der Waals surface area (Å²) in [7, 11) is -3.23. The van der Waals surface area contributed by atoms with Crippen molar-refractivity contribution in [1.29, 1.82) is 0 Å². The van der Waals surface area contributed by atoms with Gasteiger partial charge < -0.3 is 4.74 Å². The number of carbonyl (C=O) groups excluding carboxylic acids is 1. The van der Waals surface area contributed by atoms with E-state index in [-0.39, 0.29) is 11.6 Å². The zero-order valence-corrected chi connectivity index (χ0v) is 13.8. The first-order valence-corrected chi connectivity index (χ1v) is 8.74. The minimum atomic E-state index is -4.62. The van der Waals surface area contributed by atoms with Crippen LogP contribution in [0.4, 0.5) is 8.78 Å². The Morgan fingerprint density at radius 2 is 2.00 bits per heavy atom. The lowest BCUT2D eigenvalue weighted by atomic mass is 10.2. The van der Waals surface area contributed by atoms with Gasteiger partial charge in [0.1, 0.15) is 16.3 Å². The number of hydrogen-bond donors (Lipinski definition) is 1. The molecule has 1 heterocycles. The Balaban J connectivity index is 1.87. The molecule has 0 bridgehead atoms. The van der Waals surface area contributed by atoms with Crippen LogP contribution in [0.3, 0.4) is 0 Å². The molecule has 0 atom stereocenters. The lowest BCUT2D eigenvalue weighted by molar-refractivity contribution is 0.0975. The highest BCUT2D eigenvalue weighted by atomic mass is 32.2. The molecule has 10 heteroatoms. The van der Waals surface area contributed by atoms with E-state index in [4.69, 9.17) is 4.74 Å². The summed E-state index contributed by atoms with van der Waals surface area (Å²) in [5.41, 5.74) is 0.278. The molecule has 7 nitrogen and oxygen atoms in total. The Hall–Kier alpha value is -2.62. The van der Waals surface area contributed by atoms with Crippen LogP contribution in [0.2, 0.25) is 0 Å². The highest BCUT2D eigenvalue weighted by Crippen LogP contribution is 2.42. The number of nitrogens with one attached hydrogen (secondary N) is 1. The number of rotatable bonds is 5. The van der Waals surface area contributed by atoms with Crippen LogP contribution < -0.4 is 9.46 Å². The molecular formula is C15H13F2N3O4S. The number of amides is 1. The van der Waals surface area contributed by atoms with Crippen LogP contribution in [0, 0.1) is 11.6 Å². The van der Waals surface area contributed by atoms with Crippen molar-refractivity contribution in [3.63, 3.8) is 0 Å². The summed E-state index contributed by atoms with van der Waals surface area (Å²) >= 11 is 0. The zero-order valence-electron chi connectivity index (χ0n) is 13.0. The third-order valence-corrected chi connectivity index (χ3v) is 4.98. The number of hydrogen-bond acceptors (Lipinski definition) is 6. The lowest BCUT2D eigenvalue weighted by Crippen LogP contribution is -2.32. The maximum absolute atomic E-state index is 13.7. The average Bonchev–Trinajstić information content (AvgIpc) is 3.41. The number of carbonyl (C=O) groups is 1. The van der Waals surface area contributed by atoms with Crippen LogP contribution in [0.5, 0.6) is 5.75 Å². The number of ether oxygens (including phenoxy) is 1. The summed E-state index contributed by atoms with van der Waals surface area (Å²) in [4.78, 5) is 11.2. The van der Waals surface area contributed by atoms with Gasteiger partial charge in [-0.1, -0.05) is 6.07 Å². The fourth-order valence-electron chi connectivity index (χ4n) is 2.22. The van der Waals surface area contributed by atoms with Gasteiger partial charge in [0.15, 0.2) is 17.3 Å². The van der Waals surface area contributed by atoms with E-state index in [0.29, 0.717) is 11.4 Å². The van der Waals surface area contributed by atoms with Crippen LogP contribution >= 0.6 is 0 Å². The van der Waals surface area contributed by atoms with E-state index in [1.165, 1.54) is 13.2 Å². The Morgan fingerprint density at radius 3 is 2.64 bits per heavy atom. The van der Waals surface area contributed by atoms with Crippen molar-refractivity contribution in [2.75, 3.05) is 7.11 Å². The molecule has 1 amide bonds. The van der Waals surface area contributed by atoms with Crippen molar-refractivity contribution in [2.24, 2.45) is 0 Å². The first-order valence-electron chi connectivity index (χ1n) is 7.26. The van der Waals surface area contributed by atoms with Gasteiger partial charge in [-0.15, -0.1) is 5.10 Å². The number of aromatic nitrogens is 2. The standard InChI is InChI=1S/C15H13F2N3O4S/c1-24-11-7-10(18-19-14(11)8-5-6-8)15(21)20-25(22,23)12-4-2-3-9(16)13(12)17/h2-4,7-8H,5-6H2,1H3,(H,20,21). The quantitative estimate of drug-likeness (QED) is 0.862. The third kappa shape index (κ3) is 3.43. The lowest BCUT2D eigenvalue weighted by Gasteiger charge is -2.09. The number of methoxy groups -OCH3 is 1. The Labute approximate surface area is 142 Å². The van der Waals surface area contributed by atoms with Crippen molar-refractivity contribution in [3.05, 3.63) is 47.3 Å². The van der Waals surface area contributed by atoms with Gasteiger partial charge in [0.25, 0.3) is 15.9 Å². The first-order chi connectivity index (χ1) is 11.8. The monoisotopic (exact) mass is 369 g/mol. The normalized spacial score (nSPS) is 14.2. The number of benzene rings is 1. The van der Waals surface area contributed by atoms with Crippen LogP contribution in [0.1, 0.15) is 34.9 Å². The Bertz CT molecular complexity index is 946. The molecule has 1 fully saturated rings. The van der Waals surface area contributed by atoms with Gasteiger partial charge in [-0.05, 0) is 25.0 Å². The molecule has 1 aromatic carbocycles. The van der Waals surface area contributed by atoms with Gasteiger partial charge in [0.05, 0.1) is 7.11 Å². The average molecular weight is 369 g/mol. The van der Waals surface area contributed by atoms with Crippen molar-refractivity contribution in [3.8, 4) is 5.75 Å². The second kappa shape index (κ2) is 6.36. The molecule has 25 heavy (non-hydrogen) atoms. The number of nitrogens with zero attached hydrogens (tertiary/aromatic N) is 2. The van der Waals surface area contributed by atoms with Gasteiger partial charge >= 0.3 is 0 Å². The molecule has 2 aromatic rings. The van der Waals surface area contributed by atoms with Gasteiger partial charge in [0.2, 0.25) is 0 Å². The maximum atomic E-state index is 13.7. The third-order valence-electron chi connectivity index (χ3n) is 3.64. The Kier molecular flexibility index (Phi) is 4.38. The molecule has 132 valence electrons. The number of sulfonamides is 1. The van der Waals surface area contributed by atoms with Gasteiger partial charge in [0, 0.05) is 12.0 Å². The highest BCUT2D eigenvalue weighted by molar-refractivity contribution is 7.90.